The molecule has 0 unspecified atom stereocenters. The van der Waals surface area contributed by atoms with Crippen molar-refractivity contribution in [2.24, 2.45) is 5.73 Å². The molecule has 0 fully saturated rings. The molecule has 0 aliphatic heterocycles. The van der Waals surface area contributed by atoms with Crippen molar-refractivity contribution in [2.75, 3.05) is 23.8 Å². The van der Waals surface area contributed by atoms with Crippen molar-refractivity contribution < 1.29 is 27.5 Å². The molecule has 0 radical (unpaired) electrons. The number of rotatable bonds is 9. The fourth-order valence-corrected chi connectivity index (χ4v) is 4.25. The molecule has 0 aliphatic carbocycles. The zero-order valence-corrected chi connectivity index (χ0v) is 18.8. The Kier molecular flexibility index (Phi) is 7.19. The Morgan fingerprint density at radius 3 is 2.30 bits per heavy atom. The molecule has 172 valence electrons. The number of primary amides is 1. The number of nitrogens with one attached hydrogen (secondary N) is 2. The molecular formula is C23H23N3O6S. The topological polar surface area (TPSA) is 137 Å². The molecular weight excluding hydrogens is 446 g/mol. The molecule has 3 aromatic rings. The summed E-state index contributed by atoms with van der Waals surface area (Å²) in [6.45, 7) is 1.35. The van der Waals surface area contributed by atoms with Gasteiger partial charge in [0.2, 0.25) is 0 Å². The number of carbonyl (C=O) groups is 2. The van der Waals surface area contributed by atoms with Gasteiger partial charge in [-0.2, -0.15) is 0 Å². The van der Waals surface area contributed by atoms with Crippen molar-refractivity contribution in [2.45, 2.75) is 11.8 Å². The molecule has 0 aliphatic rings. The second kappa shape index (κ2) is 10.0. The van der Waals surface area contributed by atoms with Gasteiger partial charge in [0.25, 0.3) is 21.8 Å². The van der Waals surface area contributed by atoms with Crippen molar-refractivity contribution in [3.8, 4) is 11.5 Å². The number of hydrogen-bond donors (Lipinski definition) is 3. The lowest BCUT2D eigenvalue weighted by atomic mass is 10.2. The van der Waals surface area contributed by atoms with E-state index in [9.17, 15) is 18.0 Å². The van der Waals surface area contributed by atoms with Crippen LogP contribution in [0, 0.1) is 6.92 Å². The van der Waals surface area contributed by atoms with Crippen LogP contribution in [-0.2, 0) is 14.8 Å². The Labute approximate surface area is 191 Å². The van der Waals surface area contributed by atoms with Gasteiger partial charge < -0.3 is 20.5 Å². The Morgan fingerprint density at radius 2 is 1.64 bits per heavy atom. The molecule has 33 heavy (non-hydrogen) atoms. The van der Waals surface area contributed by atoms with Crippen molar-refractivity contribution in [3.63, 3.8) is 0 Å². The molecule has 0 bridgehead atoms. The van der Waals surface area contributed by atoms with E-state index in [0.717, 1.165) is 0 Å². The molecule has 2 amide bonds. The van der Waals surface area contributed by atoms with Gasteiger partial charge in [0.05, 0.1) is 12.0 Å². The Bertz CT molecular complexity index is 1270. The maximum Gasteiger partial charge on any atom is 0.262 e. The lowest BCUT2D eigenvalue weighted by Gasteiger charge is -2.13. The largest absolute Gasteiger partial charge is 0.497 e. The summed E-state index contributed by atoms with van der Waals surface area (Å²) >= 11 is 0. The second-order valence-electron chi connectivity index (χ2n) is 7.05. The summed E-state index contributed by atoms with van der Waals surface area (Å²) in [6.07, 6.45) is 0. The first kappa shape index (κ1) is 23.6. The Hall–Kier alpha value is -4.05. The van der Waals surface area contributed by atoms with E-state index in [2.05, 4.69) is 10.0 Å². The summed E-state index contributed by atoms with van der Waals surface area (Å²) in [7, 11) is -2.39. The number of ether oxygens (including phenoxy) is 2. The van der Waals surface area contributed by atoms with Crippen LogP contribution < -0.4 is 25.2 Å². The number of nitrogens with two attached hydrogens (primary N) is 1. The van der Waals surface area contributed by atoms with E-state index >= 15 is 0 Å². The first-order chi connectivity index (χ1) is 15.7. The molecule has 0 aromatic heterocycles. The molecule has 0 spiro atoms. The summed E-state index contributed by atoms with van der Waals surface area (Å²) < 4.78 is 38.7. The number of methoxy groups -OCH3 is 1. The van der Waals surface area contributed by atoms with Crippen LogP contribution in [0.5, 0.6) is 11.5 Å². The molecule has 10 heteroatoms. The van der Waals surface area contributed by atoms with Gasteiger partial charge >= 0.3 is 0 Å². The number of hydrogen-bond acceptors (Lipinski definition) is 6. The average Bonchev–Trinajstić information content (AvgIpc) is 2.79. The molecule has 9 nitrogen and oxygen atoms in total. The van der Waals surface area contributed by atoms with Crippen LogP contribution in [0.3, 0.4) is 0 Å². The first-order valence-electron chi connectivity index (χ1n) is 9.78. The average molecular weight is 470 g/mol. The van der Waals surface area contributed by atoms with Crippen molar-refractivity contribution in [3.05, 3.63) is 77.9 Å². The second-order valence-corrected chi connectivity index (χ2v) is 8.70. The van der Waals surface area contributed by atoms with Crippen LogP contribution in [0.2, 0.25) is 0 Å². The summed E-state index contributed by atoms with van der Waals surface area (Å²) in [5.74, 6) is -0.211. The number of anilines is 2. The standard InChI is InChI=1S/C23H23N3O6S/c1-15-6-7-18(25-23(28)16-4-3-5-20(12-16)32-14-22(24)27)13-21(15)33(29,30)26-17-8-10-19(31-2)11-9-17/h3-13,26H,14H2,1-2H3,(H2,24,27)(H,25,28). The lowest BCUT2D eigenvalue weighted by Crippen LogP contribution is -2.20. The summed E-state index contributed by atoms with van der Waals surface area (Å²) in [5, 5.41) is 2.67. The lowest BCUT2D eigenvalue weighted by molar-refractivity contribution is -0.119. The van der Waals surface area contributed by atoms with Gasteiger partial charge in [0.15, 0.2) is 6.61 Å². The van der Waals surface area contributed by atoms with Gasteiger partial charge in [0, 0.05) is 16.9 Å². The van der Waals surface area contributed by atoms with Crippen LogP contribution in [0.4, 0.5) is 11.4 Å². The SMILES string of the molecule is COc1ccc(NS(=O)(=O)c2cc(NC(=O)c3cccc(OCC(N)=O)c3)ccc2C)cc1. The number of sulfonamides is 1. The quantitative estimate of drug-likeness (QED) is 0.441. The van der Waals surface area contributed by atoms with Crippen LogP contribution in [0.25, 0.3) is 0 Å². The maximum absolute atomic E-state index is 12.9. The third-order valence-electron chi connectivity index (χ3n) is 4.56. The minimum atomic E-state index is -3.91. The zero-order chi connectivity index (χ0) is 24.0. The molecule has 3 rings (SSSR count). The maximum atomic E-state index is 12.9. The van der Waals surface area contributed by atoms with E-state index in [0.29, 0.717) is 28.4 Å². The third kappa shape index (κ3) is 6.23. The van der Waals surface area contributed by atoms with Crippen molar-refractivity contribution in [1.29, 1.82) is 0 Å². The predicted octanol–water partition coefficient (Wildman–Crippen LogP) is 2.92. The van der Waals surface area contributed by atoms with Crippen LogP contribution in [-0.4, -0.2) is 33.9 Å². The molecule has 4 N–H and O–H groups in total. The van der Waals surface area contributed by atoms with E-state index < -0.39 is 21.8 Å². The third-order valence-corrected chi connectivity index (χ3v) is 6.08. The van der Waals surface area contributed by atoms with Gasteiger partial charge in [-0.25, -0.2) is 8.42 Å². The number of amides is 2. The molecule has 3 aromatic carbocycles. The highest BCUT2D eigenvalue weighted by atomic mass is 32.2. The monoisotopic (exact) mass is 469 g/mol. The normalized spacial score (nSPS) is 10.8. The van der Waals surface area contributed by atoms with Gasteiger partial charge in [0.1, 0.15) is 11.5 Å². The van der Waals surface area contributed by atoms with Crippen LogP contribution >= 0.6 is 0 Å². The van der Waals surface area contributed by atoms with E-state index in [-0.39, 0.29) is 17.1 Å². The van der Waals surface area contributed by atoms with Gasteiger partial charge in [-0.1, -0.05) is 12.1 Å². The number of benzene rings is 3. The van der Waals surface area contributed by atoms with E-state index in [1.54, 1.807) is 61.5 Å². The highest BCUT2D eigenvalue weighted by Crippen LogP contribution is 2.25. The predicted molar refractivity (Wildman–Crippen MR) is 124 cm³/mol. The zero-order valence-electron chi connectivity index (χ0n) is 18.0. The molecule has 0 atom stereocenters. The van der Waals surface area contributed by atoms with E-state index in [1.807, 2.05) is 0 Å². The van der Waals surface area contributed by atoms with Crippen molar-refractivity contribution in [1.82, 2.24) is 0 Å². The van der Waals surface area contributed by atoms with Crippen LogP contribution in [0.1, 0.15) is 15.9 Å². The molecule has 0 saturated carbocycles. The Morgan fingerprint density at radius 1 is 0.939 bits per heavy atom. The first-order valence-corrected chi connectivity index (χ1v) is 11.3. The summed E-state index contributed by atoms with van der Waals surface area (Å²) in [4.78, 5) is 23.6. The summed E-state index contributed by atoms with van der Waals surface area (Å²) in [6, 6.07) is 17.2. The van der Waals surface area contributed by atoms with Gasteiger partial charge in [-0.15, -0.1) is 0 Å². The fourth-order valence-electron chi connectivity index (χ4n) is 2.92. The highest BCUT2D eigenvalue weighted by Gasteiger charge is 2.19. The molecule has 0 heterocycles. The van der Waals surface area contributed by atoms with Crippen LogP contribution in [0.15, 0.2) is 71.6 Å². The van der Waals surface area contributed by atoms with Gasteiger partial charge in [-0.05, 0) is 67.1 Å². The minimum absolute atomic E-state index is 0.0228. The van der Waals surface area contributed by atoms with E-state index in [1.165, 1.54) is 19.2 Å². The smallest absolute Gasteiger partial charge is 0.262 e. The van der Waals surface area contributed by atoms with E-state index in [4.69, 9.17) is 15.2 Å². The number of aryl methyl sites for hydroxylation is 1. The Balaban J connectivity index is 1.78. The fraction of sp³-hybridized carbons (Fsp3) is 0.130. The van der Waals surface area contributed by atoms with Gasteiger partial charge in [-0.3, -0.25) is 14.3 Å². The molecule has 0 saturated heterocycles. The summed E-state index contributed by atoms with van der Waals surface area (Å²) in [5.41, 5.74) is 6.50. The minimum Gasteiger partial charge on any atom is -0.497 e. The number of carbonyl (C=O) groups excluding carboxylic acids is 2. The highest BCUT2D eigenvalue weighted by molar-refractivity contribution is 7.92. The van der Waals surface area contributed by atoms with Crippen molar-refractivity contribution >= 4 is 33.2 Å².